The summed E-state index contributed by atoms with van der Waals surface area (Å²) in [7, 11) is 0. The van der Waals surface area contributed by atoms with Crippen LogP contribution < -0.4 is 14.8 Å². The third kappa shape index (κ3) is 4.63. The summed E-state index contributed by atoms with van der Waals surface area (Å²) in [5.74, 6) is 1.64. The fraction of sp³-hybridized carbons (Fsp3) is 0.312. The van der Waals surface area contributed by atoms with Crippen molar-refractivity contribution in [3.05, 3.63) is 46.7 Å². The van der Waals surface area contributed by atoms with E-state index in [0.717, 1.165) is 27.5 Å². The Labute approximate surface area is 133 Å². The number of nitrogens with one attached hydrogen (secondary N) is 1. The maximum atomic E-state index is 5.63. The molecule has 1 aromatic heterocycles. The molecule has 2 aromatic rings. The summed E-state index contributed by atoms with van der Waals surface area (Å²) in [6.45, 7) is 5.82. The predicted molar refractivity (Wildman–Crippen MR) is 88.0 cm³/mol. The lowest BCUT2D eigenvalue weighted by molar-refractivity contribution is 0.332. The number of hydrogen-bond acceptors (Lipinski definition) is 4. The molecule has 1 heterocycles. The van der Waals surface area contributed by atoms with Gasteiger partial charge >= 0.3 is 0 Å². The van der Waals surface area contributed by atoms with E-state index in [1.165, 1.54) is 0 Å². The molecular formula is C16H19BrN2O2. The van der Waals surface area contributed by atoms with Gasteiger partial charge in [-0.15, -0.1) is 0 Å². The highest BCUT2D eigenvalue weighted by Crippen LogP contribution is 2.29. The van der Waals surface area contributed by atoms with Crippen molar-refractivity contribution in [3.63, 3.8) is 0 Å². The summed E-state index contributed by atoms with van der Waals surface area (Å²) in [6.07, 6.45) is 0. The van der Waals surface area contributed by atoms with Gasteiger partial charge in [0, 0.05) is 6.07 Å². The first kappa shape index (κ1) is 15.6. The van der Waals surface area contributed by atoms with Crippen molar-refractivity contribution in [2.45, 2.75) is 20.4 Å². The van der Waals surface area contributed by atoms with Crippen LogP contribution in [0.4, 0.5) is 5.69 Å². The zero-order valence-corrected chi connectivity index (χ0v) is 13.8. The van der Waals surface area contributed by atoms with Gasteiger partial charge in [0.05, 0.1) is 31.1 Å². The largest absolute Gasteiger partial charge is 0.494 e. The molecular weight excluding hydrogens is 332 g/mol. The highest BCUT2D eigenvalue weighted by molar-refractivity contribution is 9.10. The molecule has 0 spiro atoms. The lowest BCUT2D eigenvalue weighted by Gasteiger charge is -2.14. The Hall–Kier alpha value is -1.75. The number of benzene rings is 1. The minimum absolute atomic E-state index is 0.620. The van der Waals surface area contributed by atoms with E-state index in [-0.39, 0.29) is 0 Å². The minimum Gasteiger partial charge on any atom is -0.494 e. The zero-order valence-electron chi connectivity index (χ0n) is 12.2. The SMILES string of the molecule is CCOc1ccc(OCC)c(NCc2cccc(Br)n2)c1. The van der Waals surface area contributed by atoms with Crippen LogP contribution in [0, 0.1) is 0 Å². The van der Waals surface area contributed by atoms with Crippen molar-refractivity contribution in [2.75, 3.05) is 18.5 Å². The van der Waals surface area contributed by atoms with Crippen LogP contribution in [-0.2, 0) is 6.54 Å². The van der Waals surface area contributed by atoms with Crippen LogP contribution in [0.5, 0.6) is 11.5 Å². The number of pyridine rings is 1. The Balaban J connectivity index is 2.14. The van der Waals surface area contributed by atoms with Crippen molar-refractivity contribution in [3.8, 4) is 11.5 Å². The van der Waals surface area contributed by atoms with Gasteiger partial charge in [0.1, 0.15) is 16.1 Å². The van der Waals surface area contributed by atoms with Crippen molar-refractivity contribution >= 4 is 21.6 Å². The number of ether oxygens (including phenoxy) is 2. The molecule has 0 radical (unpaired) electrons. The van der Waals surface area contributed by atoms with Crippen LogP contribution in [0.2, 0.25) is 0 Å². The number of anilines is 1. The van der Waals surface area contributed by atoms with Crippen molar-refractivity contribution in [1.29, 1.82) is 0 Å². The highest BCUT2D eigenvalue weighted by atomic mass is 79.9. The summed E-state index contributed by atoms with van der Waals surface area (Å²) in [5.41, 5.74) is 1.86. The quantitative estimate of drug-likeness (QED) is 0.758. The summed E-state index contributed by atoms with van der Waals surface area (Å²) in [6, 6.07) is 11.6. The van der Waals surface area contributed by atoms with E-state index in [4.69, 9.17) is 9.47 Å². The zero-order chi connectivity index (χ0) is 15.1. The first-order valence-corrected chi connectivity index (χ1v) is 7.77. The molecule has 21 heavy (non-hydrogen) atoms. The number of rotatable bonds is 7. The van der Waals surface area contributed by atoms with Crippen LogP contribution in [-0.4, -0.2) is 18.2 Å². The predicted octanol–water partition coefficient (Wildman–Crippen LogP) is 4.25. The maximum Gasteiger partial charge on any atom is 0.142 e. The first-order chi connectivity index (χ1) is 10.2. The van der Waals surface area contributed by atoms with E-state index in [9.17, 15) is 0 Å². The second kappa shape index (κ2) is 7.88. The Morgan fingerprint density at radius 2 is 1.90 bits per heavy atom. The molecule has 4 nitrogen and oxygen atoms in total. The van der Waals surface area contributed by atoms with E-state index in [1.807, 2.05) is 50.2 Å². The van der Waals surface area contributed by atoms with E-state index in [1.54, 1.807) is 0 Å². The Morgan fingerprint density at radius 1 is 1.10 bits per heavy atom. The van der Waals surface area contributed by atoms with E-state index in [2.05, 4.69) is 26.2 Å². The lowest BCUT2D eigenvalue weighted by Crippen LogP contribution is -2.05. The maximum absolute atomic E-state index is 5.63. The summed E-state index contributed by atoms with van der Waals surface area (Å²) in [4.78, 5) is 4.40. The number of nitrogens with zero attached hydrogens (tertiary/aromatic N) is 1. The van der Waals surface area contributed by atoms with Crippen LogP contribution in [0.25, 0.3) is 0 Å². The molecule has 0 fully saturated rings. The van der Waals surface area contributed by atoms with Gasteiger partial charge in [-0.1, -0.05) is 6.07 Å². The Morgan fingerprint density at radius 3 is 2.62 bits per heavy atom. The second-order valence-electron chi connectivity index (χ2n) is 4.33. The minimum atomic E-state index is 0.620. The molecule has 0 amide bonds. The molecule has 1 aromatic carbocycles. The second-order valence-corrected chi connectivity index (χ2v) is 5.14. The van der Waals surface area contributed by atoms with Crippen molar-refractivity contribution in [1.82, 2.24) is 4.98 Å². The summed E-state index contributed by atoms with van der Waals surface area (Å²) >= 11 is 3.38. The van der Waals surface area contributed by atoms with Gasteiger partial charge in [0.15, 0.2) is 0 Å². The first-order valence-electron chi connectivity index (χ1n) is 6.98. The molecule has 0 bridgehead atoms. The monoisotopic (exact) mass is 350 g/mol. The highest BCUT2D eigenvalue weighted by Gasteiger charge is 2.06. The fourth-order valence-electron chi connectivity index (χ4n) is 1.92. The average Bonchev–Trinajstić information content (AvgIpc) is 2.48. The van der Waals surface area contributed by atoms with Crippen LogP contribution in [0.3, 0.4) is 0 Å². The molecule has 0 aliphatic carbocycles. The third-order valence-corrected chi connectivity index (χ3v) is 3.24. The smallest absolute Gasteiger partial charge is 0.142 e. The number of halogens is 1. The molecule has 0 aliphatic rings. The fourth-order valence-corrected chi connectivity index (χ4v) is 2.30. The third-order valence-electron chi connectivity index (χ3n) is 2.79. The van der Waals surface area contributed by atoms with Crippen LogP contribution in [0.1, 0.15) is 19.5 Å². The Kier molecular flexibility index (Phi) is 5.87. The lowest BCUT2D eigenvalue weighted by atomic mass is 10.2. The molecule has 112 valence electrons. The average molecular weight is 351 g/mol. The molecule has 2 rings (SSSR count). The van der Waals surface area contributed by atoms with Gasteiger partial charge in [0.2, 0.25) is 0 Å². The molecule has 5 heteroatoms. The summed E-state index contributed by atoms with van der Waals surface area (Å²) in [5, 5.41) is 3.35. The van der Waals surface area contributed by atoms with Crippen LogP contribution in [0.15, 0.2) is 41.0 Å². The van der Waals surface area contributed by atoms with E-state index < -0.39 is 0 Å². The summed E-state index contributed by atoms with van der Waals surface area (Å²) < 4.78 is 12.0. The van der Waals surface area contributed by atoms with Gasteiger partial charge in [-0.05, 0) is 54.0 Å². The number of hydrogen-bond donors (Lipinski definition) is 1. The van der Waals surface area contributed by atoms with E-state index in [0.29, 0.717) is 19.8 Å². The molecule has 0 aliphatic heterocycles. The molecule has 0 atom stereocenters. The normalized spacial score (nSPS) is 10.2. The van der Waals surface area contributed by atoms with Crippen molar-refractivity contribution < 1.29 is 9.47 Å². The molecule has 0 saturated heterocycles. The molecule has 0 unspecified atom stereocenters. The van der Waals surface area contributed by atoms with Crippen LogP contribution >= 0.6 is 15.9 Å². The van der Waals surface area contributed by atoms with Crippen molar-refractivity contribution in [2.24, 2.45) is 0 Å². The van der Waals surface area contributed by atoms with Gasteiger partial charge in [-0.2, -0.15) is 0 Å². The van der Waals surface area contributed by atoms with Gasteiger partial charge in [-0.3, -0.25) is 0 Å². The molecule has 0 saturated carbocycles. The standard InChI is InChI=1S/C16H19BrN2O2/c1-3-20-13-8-9-15(21-4-2)14(10-13)18-11-12-6-5-7-16(17)19-12/h5-10,18H,3-4,11H2,1-2H3. The number of aromatic nitrogens is 1. The van der Waals surface area contributed by atoms with E-state index >= 15 is 0 Å². The molecule has 1 N–H and O–H groups in total. The Bertz CT molecular complexity index is 590. The van der Waals surface area contributed by atoms with Gasteiger partial charge in [0.25, 0.3) is 0 Å². The topological polar surface area (TPSA) is 43.4 Å². The van der Waals surface area contributed by atoms with Gasteiger partial charge in [-0.25, -0.2) is 4.98 Å². The van der Waals surface area contributed by atoms with Gasteiger partial charge < -0.3 is 14.8 Å².